The first-order valence-electron chi connectivity index (χ1n) is 7.93. The zero-order chi connectivity index (χ0) is 17.5. The summed E-state index contributed by atoms with van der Waals surface area (Å²) >= 11 is 0. The van der Waals surface area contributed by atoms with Crippen LogP contribution in [0.5, 0.6) is 5.75 Å². The van der Waals surface area contributed by atoms with Gasteiger partial charge in [-0.05, 0) is 47.1 Å². The van der Waals surface area contributed by atoms with Crippen molar-refractivity contribution in [3.05, 3.63) is 18.2 Å². The van der Waals surface area contributed by atoms with Crippen LogP contribution in [0.4, 0.5) is 16.2 Å². The smallest absolute Gasteiger partial charge is 0.407 e. The van der Waals surface area contributed by atoms with Gasteiger partial charge in [-0.1, -0.05) is 0 Å². The summed E-state index contributed by atoms with van der Waals surface area (Å²) in [6.07, 6.45) is 0.478. The summed E-state index contributed by atoms with van der Waals surface area (Å²) in [5, 5.41) is 5.99. The molecule has 130 valence electrons. The Morgan fingerprint density at radius 2 is 1.91 bits per heavy atom. The third-order valence-electron chi connectivity index (χ3n) is 2.65. The van der Waals surface area contributed by atoms with E-state index in [9.17, 15) is 4.79 Å². The molecule has 0 unspecified atom stereocenters. The van der Waals surface area contributed by atoms with Crippen LogP contribution in [0.3, 0.4) is 0 Å². The highest BCUT2D eigenvalue weighted by Gasteiger charge is 2.15. The Morgan fingerprint density at radius 1 is 1.22 bits per heavy atom. The Balaban J connectivity index is 2.33. The number of hydrogen-bond donors (Lipinski definition) is 3. The summed E-state index contributed by atoms with van der Waals surface area (Å²) in [7, 11) is 0. The van der Waals surface area contributed by atoms with Gasteiger partial charge in [-0.3, -0.25) is 0 Å². The molecule has 6 heteroatoms. The van der Waals surface area contributed by atoms with Crippen LogP contribution >= 0.6 is 0 Å². The standard InChI is InChI=1S/C17H29N3O3/c1-12(2)22-15-10-13(18)9-14(11-15)19-7-6-8-20-16(21)23-17(3,4)5/h9-12,19H,6-8,18H2,1-5H3,(H,20,21). The van der Waals surface area contributed by atoms with Gasteiger partial charge >= 0.3 is 6.09 Å². The Kier molecular flexibility index (Phi) is 7.00. The van der Waals surface area contributed by atoms with Crippen LogP contribution in [-0.4, -0.2) is 30.9 Å². The zero-order valence-electron chi connectivity index (χ0n) is 14.7. The number of nitrogens with one attached hydrogen (secondary N) is 2. The second-order valence-electron chi connectivity index (χ2n) is 6.67. The van der Waals surface area contributed by atoms with Crippen molar-refractivity contribution in [3.63, 3.8) is 0 Å². The zero-order valence-corrected chi connectivity index (χ0v) is 14.7. The molecular weight excluding hydrogens is 294 g/mol. The number of rotatable bonds is 7. The lowest BCUT2D eigenvalue weighted by atomic mass is 10.2. The predicted molar refractivity (Wildman–Crippen MR) is 94.0 cm³/mol. The molecule has 0 aliphatic rings. The molecule has 1 aromatic rings. The van der Waals surface area contributed by atoms with Crippen LogP contribution in [0.15, 0.2) is 18.2 Å². The van der Waals surface area contributed by atoms with Crippen molar-refractivity contribution in [2.24, 2.45) is 0 Å². The fourth-order valence-electron chi connectivity index (χ4n) is 1.89. The molecule has 0 saturated carbocycles. The minimum absolute atomic E-state index is 0.0997. The van der Waals surface area contributed by atoms with Crippen molar-refractivity contribution in [1.29, 1.82) is 0 Å². The molecule has 0 radical (unpaired) electrons. The molecule has 0 bridgehead atoms. The third-order valence-corrected chi connectivity index (χ3v) is 2.65. The number of benzene rings is 1. The second-order valence-corrected chi connectivity index (χ2v) is 6.67. The van der Waals surface area contributed by atoms with Crippen molar-refractivity contribution in [1.82, 2.24) is 5.32 Å². The molecule has 0 atom stereocenters. The van der Waals surface area contributed by atoms with Crippen molar-refractivity contribution in [3.8, 4) is 5.75 Å². The molecule has 0 aromatic heterocycles. The summed E-state index contributed by atoms with van der Waals surface area (Å²) in [5.74, 6) is 0.745. The quantitative estimate of drug-likeness (QED) is 0.529. The van der Waals surface area contributed by atoms with E-state index in [1.807, 2.05) is 46.8 Å². The number of nitrogen functional groups attached to an aromatic ring is 1. The first-order chi connectivity index (χ1) is 10.7. The van der Waals surface area contributed by atoms with Crippen molar-refractivity contribution in [2.45, 2.75) is 52.7 Å². The van der Waals surface area contributed by atoms with E-state index >= 15 is 0 Å². The Hall–Kier alpha value is -2.11. The topological polar surface area (TPSA) is 85.6 Å². The fraction of sp³-hybridized carbons (Fsp3) is 0.588. The van der Waals surface area contributed by atoms with Crippen molar-refractivity contribution >= 4 is 17.5 Å². The maximum atomic E-state index is 11.5. The van der Waals surface area contributed by atoms with Gasteiger partial charge in [0, 0.05) is 36.6 Å². The first-order valence-corrected chi connectivity index (χ1v) is 7.93. The van der Waals surface area contributed by atoms with Crippen LogP contribution in [0, 0.1) is 0 Å². The van der Waals surface area contributed by atoms with E-state index in [1.165, 1.54) is 0 Å². The lowest BCUT2D eigenvalue weighted by Gasteiger charge is -2.19. The average molecular weight is 323 g/mol. The van der Waals surface area contributed by atoms with Gasteiger partial charge in [-0.2, -0.15) is 0 Å². The lowest BCUT2D eigenvalue weighted by molar-refractivity contribution is 0.0528. The summed E-state index contributed by atoms with van der Waals surface area (Å²) in [5.41, 5.74) is 6.95. The Bertz CT molecular complexity index is 510. The van der Waals surface area contributed by atoms with Crippen LogP contribution in [0.1, 0.15) is 41.0 Å². The van der Waals surface area contributed by atoms with Crippen LogP contribution in [0.2, 0.25) is 0 Å². The number of carbonyl (C=O) groups is 1. The van der Waals surface area contributed by atoms with Crippen LogP contribution in [-0.2, 0) is 4.74 Å². The molecule has 1 amide bonds. The highest BCUT2D eigenvalue weighted by atomic mass is 16.6. The number of carbonyl (C=O) groups excluding carboxylic acids is 1. The van der Waals surface area contributed by atoms with Gasteiger partial charge < -0.3 is 25.8 Å². The lowest BCUT2D eigenvalue weighted by Crippen LogP contribution is -2.33. The highest BCUT2D eigenvalue weighted by Crippen LogP contribution is 2.23. The number of hydrogen-bond acceptors (Lipinski definition) is 5. The van der Waals surface area contributed by atoms with E-state index in [0.717, 1.165) is 17.9 Å². The number of anilines is 2. The number of ether oxygens (including phenoxy) is 2. The molecule has 0 saturated heterocycles. The molecule has 0 aliphatic carbocycles. The summed E-state index contributed by atoms with van der Waals surface area (Å²) < 4.78 is 10.8. The van der Waals surface area contributed by atoms with Gasteiger partial charge in [0.15, 0.2) is 0 Å². The van der Waals surface area contributed by atoms with Crippen molar-refractivity contribution in [2.75, 3.05) is 24.1 Å². The number of nitrogens with two attached hydrogens (primary N) is 1. The van der Waals surface area contributed by atoms with E-state index in [0.29, 0.717) is 18.8 Å². The molecule has 23 heavy (non-hydrogen) atoms. The maximum absolute atomic E-state index is 11.5. The van der Waals surface area contributed by atoms with Gasteiger partial charge in [0.05, 0.1) is 6.10 Å². The molecule has 0 heterocycles. The minimum Gasteiger partial charge on any atom is -0.491 e. The molecular formula is C17H29N3O3. The van der Waals surface area contributed by atoms with E-state index in [-0.39, 0.29) is 6.10 Å². The normalized spacial score (nSPS) is 11.2. The molecule has 6 nitrogen and oxygen atoms in total. The van der Waals surface area contributed by atoms with Crippen LogP contribution in [0.25, 0.3) is 0 Å². The van der Waals surface area contributed by atoms with Gasteiger partial charge in [-0.15, -0.1) is 0 Å². The van der Waals surface area contributed by atoms with E-state index in [2.05, 4.69) is 10.6 Å². The highest BCUT2D eigenvalue weighted by molar-refractivity contribution is 5.67. The van der Waals surface area contributed by atoms with Gasteiger partial charge in [-0.25, -0.2) is 4.79 Å². The monoisotopic (exact) mass is 323 g/mol. The number of alkyl carbamates (subject to hydrolysis) is 1. The molecule has 0 spiro atoms. The molecule has 4 N–H and O–H groups in total. The Labute approximate surface area is 138 Å². The molecule has 1 aromatic carbocycles. The minimum atomic E-state index is -0.475. The third kappa shape index (κ3) is 8.80. The predicted octanol–water partition coefficient (Wildman–Crippen LogP) is 3.38. The van der Waals surface area contributed by atoms with E-state index in [4.69, 9.17) is 15.2 Å². The van der Waals surface area contributed by atoms with Gasteiger partial charge in [0.25, 0.3) is 0 Å². The van der Waals surface area contributed by atoms with Gasteiger partial charge in [0.1, 0.15) is 11.4 Å². The maximum Gasteiger partial charge on any atom is 0.407 e. The fourth-order valence-corrected chi connectivity index (χ4v) is 1.89. The number of amides is 1. The average Bonchev–Trinajstić information content (AvgIpc) is 2.34. The molecule has 1 rings (SSSR count). The molecule has 0 aliphatic heterocycles. The summed E-state index contributed by atoms with van der Waals surface area (Å²) in [6, 6.07) is 5.57. The van der Waals surface area contributed by atoms with E-state index in [1.54, 1.807) is 6.07 Å². The first kappa shape index (κ1) is 18.9. The van der Waals surface area contributed by atoms with E-state index < -0.39 is 11.7 Å². The summed E-state index contributed by atoms with van der Waals surface area (Å²) in [4.78, 5) is 11.5. The SMILES string of the molecule is CC(C)Oc1cc(N)cc(NCCCNC(=O)OC(C)(C)C)c1. The second kappa shape index (κ2) is 8.50. The largest absolute Gasteiger partial charge is 0.491 e. The summed E-state index contributed by atoms with van der Waals surface area (Å²) in [6.45, 7) is 10.7. The van der Waals surface area contributed by atoms with Crippen LogP contribution < -0.4 is 21.1 Å². The van der Waals surface area contributed by atoms with Crippen molar-refractivity contribution < 1.29 is 14.3 Å². The molecule has 0 fully saturated rings. The van der Waals surface area contributed by atoms with Gasteiger partial charge in [0.2, 0.25) is 0 Å². The Morgan fingerprint density at radius 3 is 2.52 bits per heavy atom.